The van der Waals surface area contributed by atoms with Crippen LogP contribution in [0, 0.1) is 0 Å². The molecule has 4 nitrogen and oxygen atoms in total. The number of rotatable bonds is 6. The van der Waals surface area contributed by atoms with Gasteiger partial charge in [-0.25, -0.2) is 0 Å². The Balaban J connectivity index is 1.51. The van der Waals surface area contributed by atoms with E-state index in [1.807, 2.05) is 48.5 Å². The van der Waals surface area contributed by atoms with Crippen LogP contribution in [-0.2, 0) is 17.8 Å². The highest BCUT2D eigenvalue weighted by Gasteiger charge is 2.15. The number of ether oxygens (including phenoxy) is 1. The van der Waals surface area contributed by atoms with E-state index >= 15 is 0 Å². The van der Waals surface area contributed by atoms with Gasteiger partial charge in [-0.05, 0) is 61.3 Å². The van der Waals surface area contributed by atoms with Gasteiger partial charge in [0.15, 0.2) is 0 Å². The zero-order chi connectivity index (χ0) is 17.5. The number of piperidine rings is 1. The molecule has 1 aliphatic rings. The van der Waals surface area contributed by atoms with Crippen LogP contribution in [0.25, 0.3) is 0 Å². The van der Waals surface area contributed by atoms with Gasteiger partial charge in [-0.1, -0.05) is 35.9 Å². The van der Waals surface area contributed by atoms with E-state index in [9.17, 15) is 4.79 Å². The quantitative estimate of drug-likeness (QED) is 0.832. The summed E-state index contributed by atoms with van der Waals surface area (Å²) in [5, 5.41) is 7.13. The minimum Gasteiger partial charge on any atom is -0.489 e. The largest absolute Gasteiger partial charge is 0.489 e. The highest BCUT2D eigenvalue weighted by atomic mass is 35.5. The number of benzene rings is 2. The summed E-state index contributed by atoms with van der Waals surface area (Å²) >= 11 is 5.89. The summed E-state index contributed by atoms with van der Waals surface area (Å²) in [5.41, 5.74) is 2.01. The Morgan fingerprint density at radius 2 is 1.88 bits per heavy atom. The zero-order valence-electron chi connectivity index (χ0n) is 14.1. The van der Waals surface area contributed by atoms with Crippen molar-refractivity contribution in [2.75, 3.05) is 13.1 Å². The fourth-order valence-corrected chi connectivity index (χ4v) is 3.05. The molecule has 1 amide bonds. The van der Waals surface area contributed by atoms with Crippen LogP contribution < -0.4 is 15.4 Å². The number of hydrogen-bond acceptors (Lipinski definition) is 3. The van der Waals surface area contributed by atoms with Gasteiger partial charge < -0.3 is 15.4 Å². The van der Waals surface area contributed by atoms with E-state index in [-0.39, 0.29) is 11.9 Å². The summed E-state index contributed by atoms with van der Waals surface area (Å²) in [6, 6.07) is 15.6. The van der Waals surface area contributed by atoms with Gasteiger partial charge in [0, 0.05) is 11.1 Å². The van der Waals surface area contributed by atoms with Gasteiger partial charge >= 0.3 is 0 Å². The SMILES string of the molecule is O=C(Cc1cccc(OCc2ccc(Cl)cc2)c1)NC1CCNCC1. The van der Waals surface area contributed by atoms with E-state index in [4.69, 9.17) is 16.3 Å². The van der Waals surface area contributed by atoms with Gasteiger partial charge in [-0.3, -0.25) is 4.79 Å². The first-order valence-corrected chi connectivity index (χ1v) is 9.03. The van der Waals surface area contributed by atoms with E-state index in [1.165, 1.54) is 0 Å². The second-order valence-corrected chi connectivity index (χ2v) is 6.77. The maximum atomic E-state index is 12.2. The van der Waals surface area contributed by atoms with Gasteiger partial charge in [-0.15, -0.1) is 0 Å². The second-order valence-electron chi connectivity index (χ2n) is 6.33. The molecular formula is C20H23ClN2O2. The van der Waals surface area contributed by atoms with Crippen LogP contribution in [0.5, 0.6) is 5.75 Å². The first-order chi connectivity index (χ1) is 12.2. The molecule has 0 atom stereocenters. The first-order valence-electron chi connectivity index (χ1n) is 8.65. The summed E-state index contributed by atoms with van der Waals surface area (Å²) in [6.45, 7) is 2.42. The molecule has 25 heavy (non-hydrogen) atoms. The van der Waals surface area contributed by atoms with Crippen LogP contribution in [0.15, 0.2) is 48.5 Å². The van der Waals surface area contributed by atoms with Gasteiger partial charge in [0.1, 0.15) is 12.4 Å². The van der Waals surface area contributed by atoms with Crippen LogP contribution in [0.2, 0.25) is 5.02 Å². The van der Waals surface area contributed by atoms with Crippen molar-refractivity contribution >= 4 is 17.5 Å². The van der Waals surface area contributed by atoms with Crippen LogP contribution in [0.4, 0.5) is 0 Å². The fourth-order valence-electron chi connectivity index (χ4n) is 2.92. The van der Waals surface area contributed by atoms with Gasteiger partial charge in [0.25, 0.3) is 0 Å². The minimum absolute atomic E-state index is 0.0711. The standard InChI is InChI=1S/C20H23ClN2O2/c21-17-6-4-15(5-7-17)14-25-19-3-1-2-16(12-19)13-20(24)23-18-8-10-22-11-9-18/h1-7,12,18,22H,8-11,13-14H2,(H,23,24). The lowest BCUT2D eigenvalue weighted by Crippen LogP contribution is -2.43. The van der Waals surface area contributed by atoms with Crippen molar-refractivity contribution in [1.82, 2.24) is 10.6 Å². The predicted octanol–water partition coefficient (Wildman–Crippen LogP) is 3.33. The number of nitrogens with one attached hydrogen (secondary N) is 2. The highest BCUT2D eigenvalue weighted by Crippen LogP contribution is 2.17. The third-order valence-electron chi connectivity index (χ3n) is 4.29. The third-order valence-corrected chi connectivity index (χ3v) is 4.54. The molecule has 132 valence electrons. The van der Waals surface area contributed by atoms with E-state index < -0.39 is 0 Å². The topological polar surface area (TPSA) is 50.4 Å². The highest BCUT2D eigenvalue weighted by molar-refractivity contribution is 6.30. The zero-order valence-corrected chi connectivity index (χ0v) is 14.9. The lowest BCUT2D eigenvalue weighted by atomic mass is 10.1. The lowest BCUT2D eigenvalue weighted by molar-refractivity contribution is -0.121. The molecule has 0 radical (unpaired) electrons. The molecule has 1 heterocycles. The van der Waals surface area contributed by atoms with Crippen molar-refractivity contribution in [2.45, 2.75) is 31.9 Å². The molecule has 2 aromatic rings. The van der Waals surface area contributed by atoms with Crippen molar-refractivity contribution in [3.63, 3.8) is 0 Å². The van der Waals surface area contributed by atoms with E-state index in [2.05, 4.69) is 10.6 Å². The molecule has 1 fully saturated rings. The summed E-state index contributed by atoms with van der Waals surface area (Å²) in [4.78, 5) is 12.2. The van der Waals surface area contributed by atoms with Crippen molar-refractivity contribution in [2.24, 2.45) is 0 Å². The normalized spacial score (nSPS) is 14.9. The Labute approximate surface area is 153 Å². The van der Waals surface area contributed by atoms with Crippen LogP contribution in [0.3, 0.4) is 0 Å². The van der Waals surface area contributed by atoms with Gasteiger partial charge in [-0.2, -0.15) is 0 Å². The third kappa shape index (κ3) is 5.76. The summed E-state index contributed by atoms with van der Waals surface area (Å²) in [7, 11) is 0. The summed E-state index contributed by atoms with van der Waals surface area (Å²) in [6.07, 6.45) is 2.37. The molecule has 2 aromatic carbocycles. The van der Waals surface area contributed by atoms with Crippen molar-refractivity contribution < 1.29 is 9.53 Å². The van der Waals surface area contributed by atoms with Gasteiger partial charge in [0.2, 0.25) is 5.91 Å². The first kappa shape index (κ1) is 17.8. The number of halogens is 1. The molecule has 0 spiro atoms. The van der Waals surface area contributed by atoms with Crippen molar-refractivity contribution in [1.29, 1.82) is 0 Å². The molecule has 5 heteroatoms. The second kappa shape index (κ2) is 8.88. The van der Waals surface area contributed by atoms with E-state index in [0.717, 1.165) is 42.8 Å². The van der Waals surface area contributed by atoms with Gasteiger partial charge in [0.05, 0.1) is 6.42 Å². The molecule has 0 unspecified atom stereocenters. The molecule has 1 aliphatic heterocycles. The Morgan fingerprint density at radius 1 is 1.12 bits per heavy atom. The van der Waals surface area contributed by atoms with Crippen LogP contribution in [0.1, 0.15) is 24.0 Å². The Bertz CT molecular complexity index is 697. The molecule has 0 aliphatic carbocycles. The fraction of sp³-hybridized carbons (Fsp3) is 0.350. The monoisotopic (exact) mass is 358 g/mol. The average Bonchev–Trinajstić information content (AvgIpc) is 2.62. The van der Waals surface area contributed by atoms with E-state index in [0.29, 0.717) is 18.1 Å². The Kier molecular flexibility index (Phi) is 6.31. The number of carbonyl (C=O) groups excluding carboxylic acids is 1. The Morgan fingerprint density at radius 3 is 2.64 bits per heavy atom. The smallest absolute Gasteiger partial charge is 0.224 e. The minimum atomic E-state index is 0.0711. The average molecular weight is 359 g/mol. The molecule has 0 bridgehead atoms. The molecule has 0 saturated carbocycles. The maximum Gasteiger partial charge on any atom is 0.224 e. The van der Waals surface area contributed by atoms with E-state index in [1.54, 1.807) is 0 Å². The number of hydrogen-bond donors (Lipinski definition) is 2. The number of carbonyl (C=O) groups is 1. The molecule has 3 rings (SSSR count). The van der Waals surface area contributed by atoms with Crippen LogP contribution in [-0.4, -0.2) is 25.0 Å². The maximum absolute atomic E-state index is 12.2. The summed E-state index contributed by atoms with van der Waals surface area (Å²) in [5.74, 6) is 0.837. The molecule has 2 N–H and O–H groups in total. The van der Waals surface area contributed by atoms with Crippen molar-refractivity contribution in [3.05, 3.63) is 64.7 Å². The molecule has 1 saturated heterocycles. The van der Waals surface area contributed by atoms with Crippen molar-refractivity contribution in [3.8, 4) is 5.75 Å². The number of amides is 1. The summed E-state index contributed by atoms with van der Waals surface area (Å²) < 4.78 is 5.82. The molecular weight excluding hydrogens is 336 g/mol. The lowest BCUT2D eigenvalue weighted by Gasteiger charge is -2.23. The molecule has 0 aromatic heterocycles. The Hall–Kier alpha value is -2.04. The van der Waals surface area contributed by atoms with Crippen LogP contribution >= 0.6 is 11.6 Å². The predicted molar refractivity (Wildman–Crippen MR) is 100.0 cm³/mol.